The van der Waals surface area contributed by atoms with Crippen molar-refractivity contribution in [3.8, 4) is 5.75 Å². The summed E-state index contributed by atoms with van der Waals surface area (Å²) in [5.41, 5.74) is 1.15. The molecule has 1 N–H and O–H groups in total. The van der Waals surface area contributed by atoms with Gasteiger partial charge in [0.1, 0.15) is 5.75 Å². The van der Waals surface area contributed by atoms with Crippen LogP contribution in [-0.4, -0.2) is 51.4 Å². The summed E-state index contributed by atoms with van der Waals surface area (Å²) < 4.78 is 12.1. The lowest BCUT2D eigenvalue weighted by molar-refractivity contribution is -0.0182. The third-order valence-corrected chi connectivity index (χ3v) is 3.77. The average Bonchev–Trinajstić information content (AvgIpc) is 2.39. The van der Waals surface area contributed by atoms with Crippen molar-refractivity contribution in [3.05, 3.63) is 28.2 Å². The van der Waals surface area contributed by atoms with Crippen molar-refractivity contribution in [1.82, 2.24) is 10.2 Å². The highest BCUT2D eigenvalue weighted by atomic mass is 79.9. The van der Waals surface area contributed by atoms with Gasteiger partial charge in [-0.25, -0.2) is 0 Å². The van der Waals surface area contributed by atoms with Crippen LogP contribution in [-0.2, 0) is 11.3 Å². The van der Waals surface area contributed by atoms with E-state index >= 15 is 0 Å². The normalized spacial score (nSPS) is 20.5. The molecule has 0 radical (unpaired) electrons. The molecule has 1 aromatic rings. The molecule has 0 unspecified atom stereocenters. The van der Waals surface area contributed by atoms with Gasteiger partial charge in [0.15, 0.2) is 0 Å². The lowest BCUT2D eigenvalue weighted by Crippen LogP contribution is -2.44. The highest BCUT2D eigenvalue weighted by Crippen LogP contribution is 2.22. The van der Waals surface area contributed by atoms with Crippen molar-refractivity contribution in [2.75, 3.05) is 40.4 Å². The fourth-order valence-electron chi connectivity index (χ4n) is 2.24. The zero-order chi connectivity index (χ0) is 13.7. The second-order valence-electron chi connectivity index (χ2n) is 4.84. The van der Waals surface area contributed by atoms with E-state index in [1.54, 1.807) is 7.11 Å². The zero-order valence-corrected chi connectivity index (χ0v) is 13.1. The minimum absolute atomic E-state index is 0.275. The molecule has 1 heterocycles. The molecule has 1 fully saturated rings. The van der Waals surface area contributed by atoms with Crippen LogP contribution < -0.4 is 10.1 Å². The maximum Gasteiger partial charge on any atom is 0.123 e. The molecule has 0 bridgehead atoms. The molecular formula is C14H21BrN2O2. The van der Waals surface area contributed by atoms with E-state index in [-0.39, 0.29) is 6.10 Å². The number of rotatable bonds is 5. The highest BCUT2D eigenvalue weighted by Gasteiger charge is 2.17. The number of halogens is 1. The van der Waals surface area contributed by atoms with Crippen LogP contribution in [0.15, 0.2) is 22.7 Å². The summed E-state index contributed by atoms with van der Waals surface area (Å²) in [6, 6.07) is 6.05. The van der Waals surface area contributed by atoms with Gasteiger partial charge >= 0.3 is 0 Å². The molecule has 1 aliphatic heterocycles. The van der Waals surface area contributed by atoms with E-state index < -0.39 is 0 Å². The zero-order valence-electron chi connectivity index (χ0n) is 11.5. The van der Waals surface area contributed by atoms with E-state index in [4.69, 9.17) is 9.47 Å². The van der Waals surface area contributed by atoms with Gasteiger partial charge in [-0.3, -0.25) is 0 Å². The molecular weight excluding hydrogens is 308 g/mol. The summed E-state index contributed by atoms with van der Waals surface area (Å²) in [5.74, 6) is 0.914. The van der Waals surface area contributed by atoms with Crippen LogP contribution in [0.5, 0.6) is 5.75 Å². The predicted octanol–water partition coefficient (Wildman–Crippen LogP) is 1.88. The quantitative estimate of drug-likeness (QED) is 0.894. The molecule has 0 aliphatic carbocycles. The molecule has 1 saturated heterocycles. The number of ether oxygens (including phenoxy) is 2. The Labute approximate surface area is 123 Å². The lowest BCUT2D eigenvalue weighted by atomic mass is 10.2. The number of nitrogens with zero attached hydrogens (tertiary/aromatic N) is 1. The van der Waals surface area contributed by atoms with E-state index in [2.05, 4.69) is 39.3 Å². The number of morpholine rings is 1. The predicted molar refractivity (Wildman–Crippen MR) is 79.6 cm³/mol. The van der Waals surface area contributed by atoms with Crippen LogP contribution in [0.25, 0.3) is 0 Å². The minimum atomic E-state index is 0.275. The van der Waals surface area contributed by atoms with E-state index in [1.807, 2.05) is 12.1 Å². The first-order valence-corrected chi connectivity index (χ1v) is 7.31. The summed E-state index contributed by atoms with van der Waals surface area (Å²) in [7, 11) is 3.83. The van der Waals surface area contributed by atoms with Gasteiger partial charge in [0.2, 0.25) is 0 Å². The Morgan fingerprint density at radius 3 is 3.11 bits per heavy atom. The van der Waals surface area contributed by atoms with Crippen molar-refractivity contribution >= 4 is 15.9 Å². The van der Waals surface area contributed by atoms with E-state index in [0.717, 1.165) is 48.6 Å². The third-order valence-electron chi connectivity index (χ3n) is 3.27. The maximum atomic E-state index is 5.72. The Morgan fingerprint density at radius 1 is 1.53 bits per heavy atom. The van der Waals surface area contributed by atoms with Crippen LogP contribution in [0.1, 0.15) is 5.56 Å². The van der Waals surface area contributed by atoms with Crippen LogP contribution in [0.3, 0.4) is 0 Å². The second kappa shape index (κ2) is 7.24. The number of likely N-dealkylation sites (N-methyl/N-ethyl adjacent to an activating group) is 1. The number of nitrogens with one attached hydrogen (secondary N) is 1. The van der Waals surface area contributed by atoms with Gasteiger partial charge in [-0.1, -0.05) is 15.9 Å². The molecule has 0 spiro atoms. The summed E-state index contributed by atoms with van der Waals surface area (Å²) in [6.45, 7) is 4.48. The maximum absolute atomic E-state index is 5.72. The standard InChI is InChI=1S/C14H21BrN2O2/c1-17-5-6-19-13(10-17)9-16-8-11-7-12(15)3-4-14(11)18-2/h3-4,7,13,16H,5-6,8-10H2,1-2H3/t13-/m0/s1. The second-order valence-corrected chi connectivity index (χ2v) is 5.76. The van der Waals surface area contributed by atoms with Crippen molar-refractivity contribution < 1.29 is 9.47 Å². The van der Waals surface area contributed by atoms with Crippen molar-refractivity contribution in [1.29, 1.82) is 0 Å². The van der Waals surface area contributed by atoms with Gasteiger partial charge in [0.25, 0.3) is 0 Å². The molecule has 1 aliphatic rings. The van der Waals surface area contributed by atoms with Gasteiger partial charge in [-0.15, -0.1) is 0 Å². The first-order valence-electron chi connectivity index (χ1n) is 6.52. The molecule has 2 rings (SSSR count). The van der Waals surface area contributed by atoms with Crippen LogP contribution in [0, 0.1) is 0 Å². The fraction of sp³-hybridized carbons (Fsp3) is 0.571. The smallest absolute Gasteiger partial charge is 0.123 e. The van der Waals surface area contributed by atoms with Crippen LogP contribution >= 0.6 is 15.9 Å². The Balaban J connectivity index is 1.83. The summed E-state index contributed by atoms with van der Waals surface area (Å²) in [5, 5.41) is 3.44. The SMILES string of the molecule is COc1ccc(Br)cc1CNC[C@H]1CN(C)CCO1. The monoisotopic (exact) mass is 328 g/mol. The molecule has 1 aromatic carbocycles. The summed E-state index contributed by atoms with van der Waals surface area (Å²) in [6.07, 6.45) is 0.275. The average molecular weight is 329 g/mol. The lowest BCUT2D eigenvalue weighted by Gasteiger charge is -2.30. The summed E-state index contributed by atoms with van der Waals surface area (Å²) >= 11 is 3.49. The summed E-state index contributed by atoms with van der Waals surface area (Å²) in [4.78, 5) is 2.30. The van der Waals surface area contributed by atoms with Crippen LogP contribution in [0.2, 0.25) is 0 Å². The van der Waals surface area contributed by atoms with Gasteiger partial charge < -0.3 is 19.7 Å². The van der Waals surface area contributed by atoms with Crippen LogP contribution in [0.4, 0.5) is 0 Å². The molecule has 1 atom stereocenters. The van der Waals surface area contributed by atoms with Crippen molar-refractivity contribution in [3.63, 3.8) is 0 Å². The number of hydrogen-bond donors (Lipinski definition) is 1. The number of benzene rings is 1. The minimum Gasteiger partial charge on any atom is -0.496 e. The van der Waals surface area contributed by atoms with Crippen molar-refractivity contribution in [2.45, 2.75) is 12.6 Å². The Bertz CT molecular complexity index is 414. The molecule has 0 amide bonds. The topological polar surface area (TPSA) is 33.7 Å². The molecule has 0 aromatic heterocycles. The third kappa shape index (κ3) is 4.45. The van der Waals surface area contributed by atoms with E-state index in [0.29, 0.717) is 0 Å². The molecule has 106 valence electrons. The van der Waals surface area contributed by atoms with Gasteiger partial charge in [0, 0.05) is 36.2 Å². The first-order chi connectivity index (χ1) is 9.19. The molecule has 0 saturated carbocycles. The largest absolute Gasteiger partial charge is 0.496 e. The van der Waals surface area contributed by atoms with Gasteiger partial charge in [0.05, 0.1) is 19.8 Å². The highest BCUT2D eigenvalue weighted by molar-refractivity contribution is 9.10. The number of hydrogen-bond acceptors (Lipinski definition) is 4. The van der Waals surface area contributed by atoms with E-state index in [9.17, 15) is 0 Å². The number of methoxy groups -OCH3 is 1. The Morgan fingerprint density at radius 2 is 2.37 bits per heavy atom. The fourth-order valence-corrected chi connectivity index (χ4v) is 2.65. The molecule has 19 heavy (non-hydrogen) atoms. The van der Waals surface area contributed by atoms with Gasteiger partial charge in [-0.05, 0) is 25.2 Å². The van der Waals surface area contributed by atoms with E-state index in [1.165, 1.54) is 0 Å². The van der Waals surface area contributed by atoms with Gasteiger partial charge in [-0.2, -0.15) is 0 Å². The molecule has 5 heteroatoms. The first kappa shape index (κ1) is 14.8. The molecule has 4 nitrogen and oxygen atoms in total. The Kier molecular flexibility index (Phi) is 5.63. The van der Waals surface area contributed by atoms with Crippen molar-refractivity contribution in [2.24, 2.45) is 0 Å². The Hall–Kier alpha value is -0.620.